The van der Waals surface area contributed by atoms with Gasteiger partial charge in [0.05, 0.1) is 32.7 Å². The highest BCUT2D eigenvalue weighted by Crippen LogP contribution is 2.40. The van der Waals surface area contributed by atoms with Crippen LogP contribution in [-0.2, 0) is 17.8 Å². The molecule has 0 saturated carbocycles. The van der Waals surface area contributed by atoms with Gasteiger partial charge in [0, 0.05) is 42.7 Å². The van der Waals surface area contributed by atoms with Gasteiger partial charge in [-0.2, -0.15) is 5.10 Å². The fraction of sp³-hybridized carbons (Fsp3) is 0.222. The van der Waals surface area contributed by atoms with E-state index in [1.165, 1.54) is 0 Å². The van der Waals surface area contributed by atoms with E-state index in [-0.39, 0.29) is 5.91 Å². The van der Waals surface area contributed by atoms with Gasteiger partial charge < -0.3 is 19.5 Å². The fourth-order valence-electron chi connectivity index (χ4n) is 3.90. The van der Waals surface area contributed by atoms with Crippen LogP contribution in [0.2, 0.25) is 0 Å². The Morgan fingerprint density at radius 2 is 1.63 bits per heavy atom. The van der Waals surface area contributed by atoms with Crippen LogP contribution in [-0.4, -0.2) is 42.0 Å². The van der Waals surface area contributed by atoms with Crippen molar-refractivity contribution in [3.8, 4) is 34.2 Å². The molecule has 2 aromatic heterocycles. The van der Waals surface area contributed by atoms with Crippen molar-refractivity contribution in [2.45, 2.75) is 19.4 Å². The van der Waals surface area contributed by atoms with Crippen LogP contribution in [0.3, 0.4) is 0 Å². The molecular formula is C27H28N4O4. The molecular weight excluding hydrogens is 444 g/mol. The first kappa shape index (κ1) is 23.8. The molecule has 4 aromatic rings. The first-order valence-electron chi connectivity index (χ1n) is 11.2. The number of hydrogen-bond donors (Lipinski definition) is 1. The Hall–Kier alpha value is -4.33. The molecule has 0 atom stereocenters. The Morgan fingerprint density at radius 1 is 0.886 bits per heavy atom. The molecule has 1 N–H and O–H groups in total. The number of methoxy groups -OCH3 is 3. The predicted octanol–water partition coefficient (Wildman–Crippen LogP) is 4.21. The molecule has 0 aliphatic carbocycles. The van der Waals surface area contributed by atoms with Crippen LogP contribution in [0.15, 0.2) is 73.2 Å². The quantitative estimate of drug-likeness (QED) is 0.372. The van der Waals surface area contributed by atoms with Gasteiger partial charge in [0.1, 0.15) is 0 Å². The van der Waals surface area contributed by atoms with Crippen LogP contribution in [0.4, 0.5) is 0 Å². The molecule has 0 unspecified atom stereocenters. The van der Waals surface area contributed by atoms with E-state index in [1.807, 2.05) is 65.5 Å². The minimum absolute atomic E-state index is 0.0741. The topological polar surface area (TPSA) is 87.5 Å². The smallest absolute Gasteiger partial charge is 0.220 e. The summed E-state index contributed by atoms with van der Waals surface area (Å²) in [5.74, 6) is 1.60. The number of hydrogen-bond acceptors (Lipinski definition) is 6. The van der Waals surface area contributed by atoms with Crippen molar-refractivity contribution in [1.82, 2.24) is 20.1 Å². The van der Waals surface area contributed by atoms with Crippen molar-refractivity contribution in [3.05, 3.63) is 84.3 Å². The second-order valence-corrected chi connectivity index (χ2v) is 7.79. The molecule has 2 heterocycles. The second kappa shape index (κ2) is 11.2. The van der Waals surface area contributed by atoms with Crippen LogP contribution in [0.5, 0.6) is 17.2 Å². The minimum atomic E-state index is -0.0741. The number of benzene rings is 2. The van der Waals surface area contributed by atoms with Gasteiger partial charge in [-0.1, -0.05) is 24.3 Å². The highest BCUT2D eigenvalue weighted by Gasteiger charge is 2.17. The van der Waals surface area contributed by atoms with Crippen LogP contribution < -0.4 is 19.5 Å². The number of carbonyl (C=O) groups excluding carboxylic acids is 1. The Balaban J connectivity index is 1.48. The molecule has 0 aliphatic rings. The monoisotopic (exact) mass is 472 g/mol. The number of amides is 1. The molecule has 4 rings (SSSR count). The second-order valence-electron chi connectivity index (χ2n) is 7.79. The van der Waals surface area contributed by atoms with E-state index >= 15 is 0 Å². The molecule has 0 spiro atoms. The zero-order valence-corrected chi connectivity index (χ0v) is 20.0. The number of aryl methyl sites for hydroxylation is 1. The summed E-state index contributed by atoms with van der Waals surface area (Å²) in [6.07, 6.45) is 6.20. The largest absolute Gasteiger partial charge is 0.493 e. The average molecular weight is 473 g/mol. The third-order valence-electron chi connectivity index (χ3n) is 5.65. The molecule has 0 aliphatic heterocycles. The molecule has 35 heavy (non-hydrogen) atoms. The van der Waals surface area contributed by atoms with Crippen molar-refractivity contribution in [2.75, 3.05) is 21.3 Å². The number of nitrogens with zero attached hydrogens (tertiary/aromatic N) is 3. The number of rotatable bonds is 10. The maximum absolute atomic E-state index is 12.7. The van der Waals surface area contributed by atoms with Gasteiger partial charge in [-0.3, -0.25) is 9.78 Å². The Morgan fingerprint density at radius 3 is 2.31 bits per heavy atom. The Kier molecular flexibility index (Phi) is 7.62. The van der Waals surface area contributed by atoms with Crippen molar-refractivity contribution in [2.24, 2.45) is 0 Å². The maximum atomic E-state index is 12.7. The zero-order valence-electron chi connectivity index (χ0n) is 20.0. The first-order valence-corrected chi connectivity index (χ1v) is 11.2. The summed E-state index contributed by atoms with van der Waals surface area (Å²) in [6.45, 7) is 0.354. The molecule has 8 heteroatoms. The molecule has 0 saturated heterocycles. The number of carbonyl (C=O) groups is 1. The van der Waals surface area contributed by atoms with E-state index in [9.17, 15) is 4.79 Å². The summed E-state index contributed by atoms with van der Waals surface area (Å²) in [5, 5.41) is 7.80. The van der Waals surface area contributed by atoms with E-state index in [0.29, 0.717) is 36.6 Å². The molecule has 8 nitrogen and oxygen atoms in total. The van der Waals surface area contributed by atoms with Crippen molar-refractivity contribution >= 4 is 5.91 Å². The molecule has 180 valence electrons. The molecule has 2 aromatic carbocycles. The predicted molar refractivity (Wildman–Crippen MR) is 133 cm³/mol. The first-order chi connectivity index (χ1) is 17.1. The van der Waals surface area contributed by atoms with Gasteiger partial charge >= 0.3 is 0 Å². The number of para-hydroxylation sites is 1. The van der Waals surface area contributed by atoms with E-state index in [2.05, 4.69) is 10.3 Å². The van der Waals surface area contributed by atoms with Crippen LogP contribution in [0.1, 0.15) is 17.5 Å². The van der Waals surface area contributed by atoms with E-state index in [1.54, 1.807) is 33.7 Å². The van der Waals surface area contributed by atoms with Gasteiger partial charge in [-0.05, 0) is 42.3 Å². The van der Waals surface area contributed by atoms with E-state index in [4.69, 9.17) is 19.3 Å². The van der Waals surface area contributed by atoms with Gasteiger partial charge in [-0.25, -0.2) is 4.68 Å². The number of ether oxygens (including phenoxy) is 3. The average Bonchev–Trinajstić information content (AvgIpc) is 3.35. The van der Waals surface area contributed by atoms with Gasteiger partial charge in [0.2, 0.25) is 11.7 Å². The normalized spacial score (nSPS) is 10.6. The lowest BCUT2D eigenvalue weighted by Crippen LogP contribution is -2.23. The maximum Gasteiger partial charge on any atom is 0.220 e. The number of aromatic nitrogens is 3. The third-order valence-corrected chi connectivity index (χ3v) is 5.65. The van der Waals surface area contributed by atoms with Crippen LogP contribution in [0.25, 0.3) is 16.9 Å². The summed E-state index contributed by atoms with van der Waals surface area (Å²) in [6, 6.07) is 17.4. The van der Waals surface area contributed by atoms with Gasteiger partial charge in [0.25, 0.3) is 0 Å². The molecule has 1 amide bonds. The minimum Gasteiger partial charge on any atom is -0.493 e. The standard InChI is InChI=1S/C27H28N4O4/c1-33-23-11-9-20(26(34-2)27(23)35-3)10-12-24(32)29-17-21-18-31(22-7-5-4-6-8-22)30-25(21)19-13-15-28-16-14-19/h4-9,11,13-16,18H,10,12,17H2,1-3H3,(H,29,32). The SMILES string of the molecule is COc1ccc(CCC(=O)NCc2cn(-c3ccccc3)nc2-c2ccncc2)c(OC)c1OC. The third kappa shape index (κ3) is 5.43. The van der Waals surface area contributed by atoms with Crippen LogP contribution in [0, 0.1) is 0 Å². The van der Waals surface area contributed by atoms with E-state index in [0.717, 1.165) is 28.1 Å². The van der Waals surface area contributed by atoms with Gasteiger partial charge in [0.15, 0.2) is 11.5 Å². The molecule has 0 fully saturated rings. The van der Waals surface area contributed by atoms with Crippen molar-refractivity contribution in [1.29, 1.82) is 0 Å². The molecule has 0 bridgehead atoms. The number of nitrogens with one attached hydrogen (secondary N) is 1. The fourth-order valence-corrected chi connectivity index (χ4v) is 3.90. The lowest BCUT2D eigenvalue weighted by atomic mass is 10.1. The van der Waals surface area contributed by atoms with Gasteiger partial charge in [-0.15, -0.1) is 0 Å². The summed E-state index contributed by atoms with van der Waals surface area (Å²) in [4.78, 5) is 16.8. The lowest BCUT2D eigenvalue weighted by Gasteiger charge is -2.15. The number of pyridine rings is 1. The summed E-state index contributed by atoms with van der Waals surface area (Å²) in [5.41, 5.74) is 4.47. The highest BCUT2D eigenvalue weighted by molar-refractivity contribution is 5.77. The van der Waals surface area contributed by atoms with E-state index < -0.39 is 0 Å². The summed E-state index contributed by atoms with van der Waals surface area (Å²) < 4.78 is 18.1. The highest BCUT2D eigenvalue weighted by atomic mass is 16.5. The van der Waals surface area contributed by atoms with Crippen molar-refractivity contribution < 1.29 is 19.0 Å². The molecule has 0 radical (unpaired) electrons. The lowest BCUT2D eigenvalue weighted by molar-refractivity contribution is -0.121. The Bertz CT molecular complexity index is 1270. The van der Waals surface area contributed by atoms with Crippen molar-refractivity contribution in [3.63, 3.8) is 0 Å². The summed E-state index contributed by atoms with van der Waals surface area (Å²) >= 11 is 0. The van der Waals surface area contributed by atoms with Crippen LogP contribution >= 0.6 is 0 Å². The zero-order chi connectivity index (χ0) is 24.6. The Labute approximate surface area is 204 Å². The summed E-state index contributed by atoms with van der Waals surface area (Å²) in [7, 11) is 4.71.